The third-order valence-electron chi connectivity index (χ3n) is 3.58. The minimum atomic E-state index is 0.637. The molecule has 0 bridgehead atoms. The summed E-state index contributed by atoms with van der Waals surface area (Å²) in [5.74, 6) is 0.829. The Balaban J connectivity index is 1.78. The molecule has 1 aromatic carbocycles. The highest BCUT2D eigenvalue weighted by atomic mass is 35.5. The van der Waals surface area contributed by atoms with E-state index in [1.165, 1.54) is 0 Å². The topological polar surface area (TPSA) is 46.1 Å². The number of aromatic amines is 1. The maximum Gasteiger partial charge on any atom is 0.195 e. The average molecular weight is 325 g/mol. The van der Waals surface area contributed by atoms with Crippen LogP contribution >= 0.6 is 23.8 Å². The molecule has 7 heteroatoms. The minimum absolute atomic E-state index is 0.637. The van der Waals surface area contributed by atoms with Gasteiger partial charge in [-0.05, 0) is 24.4 Å². The highest BCUT2D eigenvalue weighted by molar-refractivity contribution is 7.71. The third kappa shape index (κ3) is 3.52. The summed E-state index contributed by atoms with van der Waals surface area (Å²) in [5, 5.41) is 7.90. The first-order valence-corrected chi connectivity index (χ1v) is 7.74. The Morgan fingerprint density at radius 3 is 2.86 bits per heavy atom. The maximum absolute atomic E-state index is 6.06. The van der Waals surface area contributed by atoms with Gasteiger partial charge in [-0.2, -0.15) is 5.10 Å². The summed E-state index contributed by atoms with van der Waals surface area (Å²) >= 11 is 11.4. The van der Waals surface area contributed by atoms with Gasteiger partial charge < -0.3 is 4.74 Å². The molecule has 112 valence electrons. The zero-order valence-electron chi connectivity index (χ0n) is 11.6. The lowest BCUT2D eigenvalue weighted by Gasteiger charge is -2.26. The van der Waals surface area contributed by atoms with Crippen molar-refractivity contribution in [1.82, 2.24) is 19.7 Å². The van der Waals surface area contributed by atoms with Gasteiger partial charge >= 0.3 is 0 Å². The van der Waals surface area contributed by atoms with E-state index in [2.05, 4.69) is 15.1 Å². The van der Waals surface area contributed by atoms with E-state index in [4.69, 9.17) is 28.6 Å². The van der Waals surface area contributed by atoms with Gasteiger partial charge in [-0.15, -0.1) is 0 Å². The molecule has 0 atom stereocenters. The Morgan fingerprint density at radius 2 is 2.10 bits per heavy atom. The van der Waals surface area contributed by atoms with Gasteiger partial charge in [-0.1, -0.05) is 23.7 Å². The van der Waals surface area contributed by atoms with Crippen molar-refractivity contribution < 1.29 is 4.74 Å². The zero-order chi connectivity index (χ0) is 14.7. The average Bonchev–Trinajstić information content (AvgIpc) is 2.87. The lowest BCUT2D eigenvalue weighted by molar-refractivity contribution is 0.0364. The fraction of sp³-hybridized carbons (Fsp3) is 0.429. The quantitative estimate of drug-likeness (QED) is 0.878. The van der Waals surface area contributed by atoms with Crippen molar-refractivity contribution in [3.8, 4) is 11.4 Å². The standard InChI is InChI=1S/C14H17ClN4OS/c15-12-3-1-2-11(10-12)13-16-17-14(21)19(13)5-4-18-6-8-20-9-7-18/h1-3,10H,4-9H2,(H,17,21). The van der Waals surface area contributed by atoms with Crippen LogP contribution in [0.1, 0.15) is 0 Å². The highest BCUT2D eigenvalue weighted by Crippen LogP contribution is 2.21. The molecule has 2 heterocycles. The lowest BCUT2D eigenvalue weighted by Crippen LogP contribution is -2.38. The summed E-state index contributed by atoms with van der Waals surface area (Å²) in [6, 6.07) is 7.66. The molecule has 1 N–H and O–H groups in total. The lowest BCUT2D eigenvalue weighted by atomic mass is 10.2. The van der Waals surface area contributed by atoms with Gasteiger partial charge in [0.05, 0.1) is 13.2 Å². The van der Waals surface area contributed by atoms with Crippen LogP contribution < -0.4 is 0 Å². The van der Waals surface area contributed by atoms with Crippen molar-refractivity contribution >= 4 is 23.8 Å². The Bertz CT molecular complexity index is 663. The number of hydrogen-bond acceptors (Lipinski definition) is 4. The van der Waals surface area contributed by atoms with Crippen molar-refractivity contribution in [3.05, 3.63) is 34.1 Å². The second kappa shape index (κ2) is 6.70. The summed E-state index contributed by atoms with van der Waals surface area (Å²) in [5.41, 5.74) is 0.969. The summed E-state index contributed by atoms with van der Waals surface area (Å²) in [6.45, 7) is 5.28. The minimum Gasteiger partial charge on any atom is -0.379 e. The predicted octanol–water partition coefficient (Wildman–Crippen LogP) is 2.59. The van der Waals surface area contributed by atoms with Crippen LogP contribution in [0.25, 0.3) is 11.4 Å². The molecule has 1 fully saturated rings. The van der Waals surface area contributed by atoms with Crippen molar-refractivity contribution in [1.29, 1.82) is 0 Å². The number of nitrogens with zero attached hydrogens (tertiary/aromatic N) is 3. The van der Waals surface area contributed by atoms with Crippen LogP contribution in [0.2, 0.25) is 5.02 Å². The molecule has 0 unspecified atom stereocenters. The van der Waals surface area contributed by atoms with E-state index in [-0.39, 0.29) is 0 Å². The van der Waals surface area contributed by atoms with E-state index >= 15 is 0 Å². The molecule has 3 rings (SSSR count). The van der Waals surface area contributed by atoms with Gasteiger partial charge in [0.2, 0.25) is 0 Å². The van der Waals surface area contributed by atoms with Crippen LogP contribution in [-0.2, 0) is 11.3 Å². The molecular weight excluding hydrogens is 308 g/mol. The zero-order valence-corrected chi connectivity index (χ0v) is 13.2. The number of aromatic nitrogens is 3. The Morgan fingerprint density at radius 1 is 1.29 bits per heavy atom. The molecule has 0 aliphatic carbocycles. The summed E-state index contributed by atoms with van der Waals surface area (Å²) in [7, 11) is 0. The molecule has 5 nitrogen and oxygen atoms in total. The van der Waals surface area contributed by atoms with E-state index in [0.29, 0.717) is 9.79 Å². The smallest absolute Gasteiger partial charge is 0.195 e. The van der Waals surface area contributed by atoms with Crippen LogP contribution in [-0.4, -0.2) is 52.5 Å². The first-order chi connectivity index (χ1) is 10.2. The summed E-state index contributed by atoms with van der Waals surface area (Å²) < 4.78 is 8.03. The number of rotatable bonds is 4. The molecule has 21 heavy (non-hydrogen) atoms. The Labute approximate surface area is 133 Å². The number of ether oxygens (including phenoxy) is 1. The first kappa shape index (κ1) is 14.7. The summed E-state index contributed by atoms with van der Waals surface area (Å²) in [6.07, 6.45) is 0. The fourth-order valence-corrected chi connectivity index (χ4v) is 2.85. The van der Waals surface area contributed by atoms with Crippen molar-refractivity contribution in [2.45, 2.75) is 6.54 Å². The molecule has 1 aliphatic heterocycles. The van der Waals surface area contributed by atoms with Crippen LogP contribution in [0, 0.1) is 4.77 Å². The number of hydrogen-bond donors (Lipinski definition) is 1. The molecule has 0 radical (unpaired) electrons. The van der Waals surface area contributed by atoms with Gasteiger partial charge in [0, 0.05) is 36.8 Å². The van der Waals surface area contributed by atoms with Gasteiger partial charge in [-0.3, -0.25) is 14.6 Å². The molecule has 1 saturated heterocycles. The fourth-order valence-electron chi connectivity index (χ4n) is 2.44. The molecule has 0 saturated carbocycles. The molecule has 2 aromatic rings. The third-order valence-corrected chi connectivity index (χ3v) is 4.13. The second-order valence-corrected chi connectivity index (χ2v) is 5.79. The monoisotopic (exact) mass is 324 g/mol. The Hall–Kier alpha value is -1.21. The second-order valence-electron chi connectivity index (χ2n) is 4.97. The number of nitrogens with one attached hydrogen (secondary N) is 1. The van der Waals surface area contributed by atoms with Crippen LogP contribution in [0.15, 0.2) is 24.3 Å². The van der Waals surface area contributed by atoms with Gasteiger partial charge in [0.1, 0.15) is 0 Å². The molecular formula is C14H17ClN4OS. The number of halogens is 1. The summed E-state index contributed by atoms with van der Waals surface area (Å²) in [4.78, 5) is 2.38. The van der Waals surface area contributed by atoms with Crippen molar-refractivity contribution in [3.63, 3.8) is 0 Å². The van der Waals surface area contributed by atoms with Gasteiger partial charge in [0.25, 0.3) is 0 Å². The van der Waals surface area contributed by atoms with E-state index in [1.54, 1.807) is 0 Å². The van der Waals surface area contributed by atoms with Gasteiger partial charge in [0.15, 0.2) is 10.6 Å². The maximum atomic E-state index is 6.06. The molecule has 0 amide bonds. The van der Waals surface area contributed by atoms with Crippen molar-refractivity contribution in [2.75, 3.05) is 32.8 Å². The Kier molecular flexibility index (Phi) is 4.70. The van der Waals surface area contributed by atoms with Crippen molar-refractivity contribution in [2.24, 2.45) is 0 Å². The number of morpholine rings is 1. The van der Waals surface area contributed by atoms with E-state index in [9.17, 15) is 0 Å². The van der Waals surface area contributed by atoms with E-state index in [0.717, 1.165) is 50.8 Å². The predicted molar refractivity (Wildman–Crippen MR) is 85.1 cm³/mol. The number of H-pyrrole nitrogens is 1. The van der Waals surface area contributed by atoms with Crippen LogP contribution in [0.3, 0.4) is 0 Å². The highest BCUT2D eigenvalue weighted by Gasteiger charge is 2.13. The van der Waals surface area contributed by atoms with Crippen LogP contribution in [0.4, 0.5) is 0 Å². The molecule has 0 spiro atoms. The number of benzene rings is 1. The molecule has 1 aromatic heterocycles. The molecule has 1 aliphatic rings. The first-order valence-electron chi connectivity index (χ1n) is 6.95. The van der Waals surface area contributed by atoms with Gasteiger partial charge in [-0.25, -0.2) is 0 Å². The van der Waals surface area contributed by atoms with E-state index < -0.39 is 0 Å². The normalized spacial score (nSPS) is 16.2. The van der Waals surface area contributed by atoms with Crippen LogP contribution in [0.5, 0.6) is 0 Å². The SMILES string of the molecule is S=c1[nH]nc(-c2cccc(Cl)c2)n1CCN1CCOCC1. The van der Waals surface area contributed by atoms with E-state index in [1.807, 2.05) is 28.8 Å². The largest absolute Gasteiger partial charge is 0.379 e.